The van der Waals surface area contributed by atoms with Gasteiger partial charge in [0.25, 0.3) is 0 Å². The van der Waals surface area contributed by atoms with Gasteiger partial charge in [0, 0.05) is 4.47 Å². The third kappa shape index (κ3) is 3.95. The first-order valence-electron chi connectivity index (χ1n) is 7.03. The quantitative estimate of drug-likeness (QED) is 0.799. The van der Waals surface area contributed by atoms with Crippen LogP contribution in [-0.4, -0.2) is 11.1 Å². The fraction of sp³-hybridized carbons (Fsp3) is 0.562. The molecule has 0 amide bonds. The zero-order chi connectivity index (χ0) is 14.9. The molecule has 2 atom stereocenters. The van der Waals surface area contributed by atoms with Gasteiger partial charge in [-0.15, -0.1) is 0 Å². The lowest BCUT2D eigenvalue weighted by molar-refractivity contribution is 0.0561. The second kappa shape index (κ2) is 6.02. The molecule has 0 saturated heterocycles. The van der Waals surface area contributed by atoms with Crippen LogP contribution in [0.5, 0.6) is 5.75 Å². The van der Waals surface area contributed by atoms with Crippen LogP contribution in [0, 0.1) is 11.3 Å². The van der Waals surface area contributed by atoms with Gasteiger partial charge in [-0.2, -0.15) is 0 Å². The Morgan fingerprint density at radius 2 is 2.10 bits per heavy atom. The van der Waals surface area contributed by atoms with Crippen LogP contribution in [0.3, 0.4) is 0 Å². The average Bonchev–Trinajstić information content (AvgIpc) is 2.28. The predicted octanol–water partition coefficient (Wildman–Crippen LogP) is 4.68. The summed E-state index contributed by atoms with van der Waals surface area (Å²) < 4.78 is 7.18. The van der Waals surface area contributed by atoms with Crippen molar-refractivity contribution < 1.29 is 4.74 Å². The highest BCUT2D eigenvalue weighted by Gasteiger charge is 2.33. The van der Waals surface area contributed by atoms with Gasteiger partial charge in [0.1, 0.15) is 10.7 Å². The second-order valence-electron chi connectivity index (χ2n) is 6.66. The van der Waals surface area contributed by atoms with Crippen LogP contribution in [0.25, 0.3) is 0 Å². The van der Waals surface area contributed by atoms with E-state index in [1.165, 1.54) is 6.42 Å². The molecule has 0 radical (unpaired) electrons. The Morgan fingerprint density at radius 3 is 2.70 bits per heavy atom. The summed E-state index contributed by atoms with van der Waals surface area (Å²) in [6.07, 6.45) is 3.67. The SMILES string of the molecule is CC1CC(Oc2ccc(Br)cc2C(N)=S)CC(C)(C)C1. The topological polar surface area (TPSA) is 35.2 Å². The van der Waals surface area contributed by atoms with E-state index in [9.17, 15) is 0 Å². The first kappa shape index (κ1) is 15.8. The highest BCUT2D eigenvalue weighted by atomic mass is 79.9. The number of benzene rings is 1. The van der Waals surface area contributed by atoms with Gasteiger partial charge in [0.15, 0.2) is 0 Å². The monoisotopic (exact) mass is 355 g/mol. The number of ether oxygens (including phenoxy) is 1. The number of rotatable bonds is 3. The maximum absolute atomic E-state index is 6.22. The molecule has 1 aliphatic carbocycles. The molecule has 1 fully saturated rings. The second-order valence-corrected chi connectivity index (χ2v) is 8.01. The number of hydrogen-bond acceptors (Lipinski definition) is 2. The lowest BCUT2D eigenvalue weighted by atomic mass is 9.71. The van der Waals surface area contributed by atoms with Crippen LogP contribution >= 0.6 is 28.1 Å². The van der Waals surface area contributed by atoms with Gasteiger partial charge in [-0.25, -0.2) is 0 Å². The number of hydrogen-bond donors (Lipinski definition) is 1. The fourth-order valence-electron chi connectivity index (χ4n) is 3.33. The Labute approximate surface area is 135 Å². The molecule has 2 unspecified atom stereocenters. The van der Waals surface area contributed by atoms with E-state index in [2.05, 4.69) is 36.7 Å². The summed E-state index contributed by atoms with van der Waals surface area (Å²) in [5.41, 5.74) is 6.94. The van der Waals surface area contributed by atoms with Gasteiger partial charge in [-0.05, 0) is 48.8 Å². The highest BCUT2D eigenvalue weighted by Crippen LogP contribution is 2.40. The molecule has 0 spiro atoms. The van der Waals surface area contributed by atoms with Gasteiger partial charge in [0.05, 0.1) is 11.7 Å². The highest BCUT2D eigenvalue weighted by molar-refractivity contribution is 9.10. The molecule has 0 bridgehead atoms. The molecule has 0 aromatic heterocycles. The van der Waals surface area contributed by atoms with Crippen molar-refractivity contribution in [1.29, 1.82) is 0 Å². The van der Waals surface area contributed by atoms with Crippen molar-refractivity contribution in [2.45, 2.75) is 46.1 Å². The molecular formula is C16H22BrNOS. The molecule has 4 heteroatoms. The van der Waals surface area contributed by atoms with Crippen LogP contribution < -0.4 is 10.5 Å². The summed E-state index contributed by atoms with van der Waals surface area (Å²) in [7, 11) is 0. The number of thiocarbonyl (C=S) groups is 1. The molecule has 1 saturated carbocycles. The van der Waals surface area contributed by atoms with E-state index >= 15 is 0 Å². The molecule has 20 heavy (non-hydrogen) atoms. The molecular weight excluding hydrogens is 334 g/mol. The molecule has 110 valence electrons. The predicted molar refractivity (Wildman–Crippen MR) is 91.2 cm³/mol. The van der Waals surface area contributed by atoms with Gasteiger partial charge >= 0.3 is 0 Å². The lowest BCUT2D eigenvalue weighted by Gasteiger charge is -2.39. The van der Waals surface area contributed by atoms with Gasteiger partial charge < -0.3 is 10.5 Å². The van der Waals surface area contributed by atoms with Crippen molar-refractivity contribution in [3.05, 3.63) is 28.2 Å². The van der Waals surface area contributed by atoms with E-state index in [4.69, 9.17) is 22.7 Å². The summed E-state index contributed by atoms with van der Waals surface area (Å²) in [5.74, 6) is 1.49. The van der Waals surface area contributed by atoms with Crippen molar-refractivity contribution >= 4 is 33.1 Å². The molecule has 1 aliphatic rings. The Kier molecular flexibility index (Phi) is 4.75. The summed E-state index contributed by atoms with van der Waals surface area (Å²) in [6.45, 7) is 6.93. The molecule has 2 N–H and O–H groups in total. The van der Waals surface area contributed by atoms with Gasteiger partial charge in [0.2, 0.25) is 0 Å². The molecule has 2 nitrogen and oxygen atoms in total. The van der Waals surface area contributed by atoms with Crippen molar-refractivity contribution in [2.24, 2.45) is 17.1 Å². The fourth-order valence-corrected chi connectivity index (χ4v) is 3.85. The van der Waals surface area contributed by atoms with Gasteiger partial charge in [-0.3, -0.25) is 0 Å². The van der Waals surface area contributed by atoms with E-state index in [0.29, 0.717) is 16.3 Å². The first-order chi connectivity index (χ1) is 9.27. The summed E-state index contributed by atoms with van der Waals surface area (Å²) in [5, 5.41) is 0. The van der Waals surface area contributed by atoms with E-state index < -0.39 is 0 Å². The Bertz CT molecular complexity index is 515. The maximum Gasteiger partial charge on any atom is 0.129 e. The summed E-state index contributed by atoms with van der Waals surface area (Å²) >= 11 is 8.57. The standard InChI is InChI=1S/C16H22BrNOS/c1-10-6-12(9-16(2,3)8-10)19-14-5-4-11(17)7-13(14)15(18)20/h4-5,7,10,12H,6,8-9H2,1-3H3,(H2,18,20). The van der Waals surface area contributed by atoms with Crippen LogP contribution in [0.2, 0.25) is 0 Å². The smallest absolute Gasteiger partial charge is 0.129 e. The van der Waals surface area contributed by atoms with Crippen LogP contribution in [0.4, 0.5) is 0 Å². The van der Waals surface area contributed by atoms with E-state index in [1.54, 1.807) is 0 Å². The van der Waals surface area contributed by atoms with Crippen LogP contribution in [-0.2, 0) is 0 Å². The zero-order valence-electron chi connectivity index (χ0n) is 12.3. The Balaban J connectivity index is 2.19. The minimum Gasteiger partial charge on any atom is -0.490 e. The molecule has 1 aromatic carbocycles. The molecule has 0 aliphatic heterocycles. The zero-order valence-corrected chi connectivity index (χ0v) is 14.7. The van der Waals surface area contributed by atoms with E-state index in [-0.39, 0.29) is 6.10 Å². The maximum atomic E-state index is 6.22. The lowest BCUT2D eigenvalue weighted by Crippen LogP contribution is -2.34. The van der Waals surface area contributed by atoms with Crippen molar-refractivity contribution in [3.63, 3.8) is 0 Å². The Hall–Kier alpha value is -0.610. The van der Waals surface area contributed by atoms with Gasteiger partial charge in [-0.1, -0.05) is 48.9 Å². The third-order valence-corrected chi connectivity index (χ3v) is 4.56. The molecule has 0 heterocycles. The molecule has 1 aromatic rings. The number of halogens is 1. The van der Waals surface area contributed by atoms with E-state index in [1.807, 2.05) is 18.2 Å². The molecule has 2 rings (SSSR count). The van der Waals surface area contributed by atoms with Crippen LogP contribution in [0.1, 0.15) is 45.6 Å². The third-order valence-electron chi connectivity index (χ3n) is 3.85. The first-order valence-corrected chi connectivity index (χ1v) is 8.23. The van der Waals surface area contributed by atoms with Crippen molar-refractivity contribution in [2.75, 3.05) is 0 Å². The Morgan fingerprint density at radius 1 is 1.40 bits per heavy atom. The average molecular weight is 356 g/mol. The largest absolute Gasteiger partial charge is 0.490 e. The summed E-state index contributed by atoms with van der Waals surface area (Å²) in [4.78, 5) is 0.379. The summed E-state index contributed by atoms with van der Waals surface area (Å²) in [6, 6.07) is 5.84. The normalized spacial score (nSPS) is 25.2. The van der Waals surface area contributed by atoms with E-state index in [0.717, 1.165) is 28.6 Å². The van der Waals surface area contributed by atoms with Crippen LogP contribution in [0.15, 0.2) is 22.7 Å². The number of nitrogens with two attached hydrogens (primary N) is 1. The minimum atomic E-state index is 0.239. The minimum absolute atomic E-state index is 0.239. The van der Waals surface area contributed by atoms with Crippen molar-refractivity contribution in [1.82, 2.24) is 0 Å². The van der Waals surface area contributed by atoms with Crippen molar-refractivity contribution in [3.8, 4) is 5.75 Å².